The number of hydrogen-bond acceptors (Lipinski definition) is 4. The average molecular weight is 265 g/mol. The standard InChI is InChI=1S/C14H19NO4/c1-8-4-11-12(19-7-18-11)5-9(8)10(15)6-14(2,3)13(16)17/h4-5,10H,6-7,15H2,1-3H3,(H,16,17). The summed E-state index contributed by atoms with van der Waals surface area (Å²) in [6.45, 7) is 5.51. The number of ether oxygens (including phenoxy) is 2. The zero-order valence-corrected chi connectivity index (χ0v) is 11.4. The van der Waals surface area contributed by atoms with E-state index in [0.717, 1.165) is 11.1 Å². The highest BCUT2D eigenvalue weighted by Gasteiger charge is 2.31. The number of carboxylic acid groups (broad SMARTS) is 1. The van der Waals surface area contributed by atoms with Gasteiger partial charge < -0.3 is 20.3 Å². The highest BCUT2D eigenvalue weighted by Crippen LogP contribution is 2.38. The first-order valence-electron chi connectivity index (χ1n) is 6.20. The largest absolute Gasteiger partial charge is 0.481 e. The second kappa shape index (κ2) is 4.74. The summed E-state index contributed by atoms with van der Waals surface area (Å²) >= 11 is 0. The van der Waals surface area contributed by atoms with Crippen molar-refractivity contribution in [2.45, 2.75) is 33.2 Å². The van der Waals surface area contributed by atoms with E-state index in [9.17, 15) is 4.79 Å². The third-order valence-corrected chi connectivity index (χ3v) is 3.47. The molecule has 0 aliphatic carbocycles. The van der Waals surface area contributed by atoms with E-state index in [-0.39, 0.29) is 12.8 Å². The number of aryl methyl sites for hydroxylation is 1. The fourth-order valence-electron chi connectivity index (χ4n) is 2.21. The fraction of sp³-hybridized carbons (Fsp3) is 0.500. The molecular formula is C14H19NO4. The normalized spacial score (nSPS) is 15.4. The van der Waals surface area contributed by atoms with Crippen molar-refractivity contribution in [3.05, 3.63) is 23.3 Å². The van der Waals surface area contributed by atoms with Crippen LogP contribution in [0.15, 0.2) is 12.1 Å². The van der Waals surface area contributed by atoms with Crippen LogP contribution in [-0.2, 0) is 4.79 Å². The molecular weight excluding hydrogens is 246 g/mol. The molecule has 1 atom stereocenters. The number of hydrogen-bond donors (Lipinski definition) is 2. The molecule has 0 saturated carbocycles. The minimum atomic E-state index is -0.859. The zero-order chi connectivity index (χ0) is 14.2. The number of carbonyl (C=O) groups is 1. The Morgan fingerprint density at radius 2 is 2.00 bits per heavy atom. The van der Waals surface area contributed by atoms with Crippen molar-refractivity contribution in [2.75, 3.05) is 6.79 Å². The van der Waals surface area contributed by atoms with Gasteiger partial charge in [-0.15, -0.1) is 0 Å². The second-order valence-electron chi connectivity index (χ2n) is 5.56. The summed E-state index contributed by atoms with van der Waals surface area (Å²) in [6, 6.07) is 3.38. The van der Waals surface area contributed by atoms with Crippen LogP contribution in [0.2, 0.25) is 0 Å². The van der Waals surface area contributed by atoms with Crippen LogP contribution in [0.4, 0.5) is 0 Å². The number of benzene rings is 1. The monoisotopic (exact) mass is 265 g/mol. The highest BCUT2D eigenvalue weighted by atomic mass is 16.7. The number of rotatable bonds is 4. The molecule has 0 radical (unpaired) electrons. The number of fused-ring (bicyclic) bond motifs is 1. The van der Waals surface area contributed by atoms with Gasteiger partial charge in [-0.1, -0.05) is 0 Å². The van der Waals surface area contributed by atoms with Crippen molar-refractivity contribution >= 4 is 5.97 Å². The molecule has 1 aliphatic heterocycles. The zero-order valence-electron chi connectivity index (χ0n) is 11.4. The van der Waals surface area contributed by atoms with Gasteiger partial charge >= 0.3 is 5.97 Å². The second-order valence-corrected chi connectivity index (χ2v) is 5.56. The van der Waals surface area contributed by atoms with Crippen molar-refractivity contribution < 1.29 is 19.4 Å². The van der Waals surface area contributed by atoms with E-state index in [0.29, 0.717) is 17.9 Å². The molecule has 104 valence electrons. The van der Waals surface area contributed by atoms with Crippen molar-refractivity contribution in [1.82, 2.24) is 0 Å². The molecule has 3 N–H and O–H groups in total. The first kappa shape index (κ1) is 13.7. The van der Waals surface area contributed by atoms with Gasteiger partial charge in [-0.05, 0) is 50.5 Å². The van der Waals surface area contributed by atoms with Gasteiger partial charge in [-0.25, -0.2) is 0 Å². The maximum atomic E-state index is 11.2. The van der Waals surface area contributed by atoms with Crippen LogP contribution in [-0.4, -0.2) is 17.9 Å². The smallest absolute Gasteiger partial charge is 0.309 e. The van der Waals surface area contributed by atoms with E-state index in [4.69, 9.17) is 20.3 Å². The maximum Gasteiger partial charge on any atom is 0.309 e. The molecule has 1 aliphatic rings. The molecule has 1 unspecified atom stereocenters. The summed E-state index contributed by atoms with van der Waals surface area (Å²) in [4.78, 5) is 11.2. The van der Waals surface area contributed by atoms with Crippen LogP contribution in [0.25, 0.3) is 0 Å². The minimum absolute atomic E-state index is 0.216. The summed E-state index contributed by atoms with van der Waals surface area (Å²) < 4.78 is 10.6. The van der Waals surface area contributed by atoms with Crippen LogP contribution >= 0.6 is 0 Å². The summed E-state index contributed by atoms with van der Waals surface area (Å²) in [5.41, 5.74) is 7.18. The first-order chi connectivity index (χ1) is 8.81. The Balaban J connectivity index is 2.25. The van der Waals surface area contributed by atoms with E-state index >= 15 is 0 Å². The van der Waals surface area contributed by atoms with E-state index < -0.39 is 11.4 Å². The predicted octanol–water partition coefficient (Wildman–Crippen LogP) is 2.22. The van der Waals surface area contributed by atoms with Gasteiger partial charge in [0, 0.05) is 6.04 Å². The molecule has 0 saturated heterocycles. The van der Waals surface area contributed by atoms with Crippen LogP contribution < -0.4 is 15.2 Å². The van der Waals surface area contributed by atoms with Crippen molar-refractivity contribution in [2.24, 2.45) is 11.1 Å². The molecule has 1 aromatic rings. The molecule has 0 bridgehead atoms. The van der Waals surface area contributed by atoms with E-state index in [1.165, 1.54) is 0 Å². The summed E-state index contributed by atoms with van der Waals surface area (Å²) in [7, 11) is 0. The Kier molecular flexibility index (Phi) is 3.41. The molecule has 0 aromatic heterocycles. The van der Waals surface area contributed by atoms with Crippen LogP contribution in [0, 0.1) is 12.3 Å². The lowest BCUT2D eigenvalue weighted by Crippen LogP contribution is -2.29. The Morgan fingerprint density at radius 3 is 2.58 bits per heavy atom. The molecule has 2 rings (SSSR count). The SMILES string of the molecule is Cc1cc2c(cc1C(N)CC(C)(C)C(=O)O)OCO2. The minimum Gasteiger partial charge on any atom is -0.481 e. The molecule has 0 spiro atoms. The lowest BCUT2D eigenvalue weighted by Gasteiger charge is -2.24. The lowest BCUT2D eigenvalue weighted by molar-refractivity contribution is -0.147. The Bertz CT molecular complexity index is 510. The third-order valence-electron chi connectivity index (χ3n) is 3.47. The summed E-state index contributed by atoms with van der Waals surface area (Å²) in [5.74, 6) is 0.538. The molecule has 0 fully saturated rings. The molecule has 5 nitrogen and oxygen atoms in total. The topological polar surface area (TPSA) is 81.8 Å². The van der Waals surface area contributed by atoms with Gasteiger partial charge in [0.25, 0.3) is 0 Å². The average Bonchev–Trinajstić information content (AvgIpc) is 2.73. The fourth-order valence-corrected chi connectivity index (χ4v) is 2.21. The lowest BCUT2D eigenvalue weighted by atomic mass is 9.83. The van der Waals surface area contributed by atoms with Gasteiger partial charge in [0.05, 0.1) is 5.41 Å². The van der Waals surface area contributed by atoms with Crippen molar-refractivity contribution in [3.63, 3.8) is 0 Å². The van der Waals surface area contributed by atoms with Gasteiger partial charge in [-0.3, -0.25) is 4.79 Å². The van der Waals surface area contributed by atoms with Crippen molar-refractivity contribution in [1.29, 1.82) is 0 Å². The van der Waals surface area contributed by atoms with Crippen molar-refractivity contribution in [3.8, 4) is 11.5 Å². The highest BCUT2D eigenvalue weighted by molar-refractivity contribution is 5.73. The Morgan fingerprint density at radius 1 is 1.42 bits per heavy atom. The van der Waals surface area contributed by atoms with E-state index in [1.54, 1.807) is 13.8 Å². The van der Waals surface area contributed by atoms with Gasteiger partial charge in [0.2, 0.25) is 6.79 Å². The third kappa shape index (κ3) is 2.66. The Labute approximate surface area is 112 Å². The summed E-state index contributed by atoms with van der Waals surface area (Å²) in [6.07, 6.45) is 0.364. The first-order valence-corrected chi connectivity index (χ1v) is 6.20. The van der Waals surface area contributed by atoms with E-state index in [2.05, 4.69) is 0 Å². The predicted molar refractivity (Wildman–Crippen MR) is 70.3 cm³/mol. The maximum absolute atomic E-state index is 11.2. The van der Waals surface area contributed by atoms with Crippen LogP contribution in [0.1, 0.15) is 37.4 Å². The van der Waals surface area contributed by atoms with Crippen LogP contribution in [0.3, 0.4) is 0 Å². The molecule has 1 aromatic carbocycles. The molecule has 19 heavy (non-hydrogen) atoms. The molecule has 0 amide bonds. The number of nitrogens with two attached hydrogens (primary N) is 1. The quantitative estimate of drug-likeness (QED) is 0.872. The Hall–Kier alpha value is -1.75. The summed E-state index contributed by atoms with van der Waals surface area (Å²) in [5, 5.41) is 9.16. The molecule has 1 heterocycles. The number of carboxylic acids is 1. The molecule has 5 heteroatoms. The van der Waals surface area contributed by atoms with Gasteiger partial charge in [-0.2, -0.15) is 0 Å². The van der Waals surface area contributed by atoms with E-state index in [1.807, 2.05) is 19.1 Å². The van der Waals surface area contributed by atoms with Gasteiger partial charge in [0.15, 0.2) is 11.5 Å². The van der Waals surface area contributed by atoms with Crippen LogP contribution in [0.5, 0.6) is 11.5 Å². The number of aliphatic carboxylic acids is 1. The van der Waals surface area contributed by atoms with Gasteiger partial charge in [0.1, 0.15) is 0 Å².